The van der Waals surface area contributed by atoms with Gasteiger partial charge >= 0.3 is 0 Å². The average Bonchev–Trinajstić information content (AvgIpc) is 2.63. The second kappa shape index (κ2) is 3.92. The van der Waals surface area contributed by atoms with Gasteiger partial charge < -0.3 is 21.1 Å². The van der Waals surface area contributed by atoms with Crippen LogP contribution in [-0.4, -0.2) is 22.3 Å². The lowest BCUT2D eigenvalue weighted by Crippen LogP contribution is -2.24. The van der Waals surface area contributed by atoms with Crippen LogP contribution in [0.4, 0.5) is 5.69 Å². The molecule has 80 valence electrons. The molecule has 0 amide bonds. The maximum absolute atomic E-state index is 9.48. The van der Waals surface area contributed by atoms with E-state index in [9.17, 15) is 5.11 Å². The van der Waals surface area contributed by atoms with Gasteiger partial charge in [0.1, 0.15) is 0 Å². The van der Waals surface area contributed by atoms with Gasteiger partial charge in [0, 0.05) is 30.4 Å². The SMILES string of the molecule is NC[C@@H](O)Cn1ccc2c(N)cccc21. The van der Waals surface area contributed by atoms with E-state index in [0.717, 1.165) is 16.6 Å². The number of anilines is 1. The minimum absolute atomic E-state index is 0.266. The van der Waals surface area contributed by atoms with Gasteiger partial charge in [-0.25, -0.2) is 0 Å². The van der Waals surface area contributed by atoms with Gasteiger partial charge in [0.25, 0.3) is 0 Å². The number of hydrogen-bond donors (Lipinski definition) is 3. The van der Waals surface area contributed by atoms with E-state index < -0.39 is 6.10 Å². The van der Waals surface area contributed by atoms with Crippen molar-refractivity contribution in [1.29, 1.82) is 0 Å². The lowest BCUT2D eigenvalue weighted by Gasteiger charge is -2.10. The molecule has 2 rings (SSSR count). The standard InChI is InChI=1S/C11H15N3O/c12-6-8(15)7-14-5-4-9-10(13)2-1-3-11(9)14/h1-5,8,15H,6-7,12-13H2/t8-/m1/s1. The number of hydrogen-bond acceptors (Lipinski definition) is 3. The summed E-state index contributed by atoms with van der Waals surface area (Å²) in [4.78, 5) is 0. The summed E-state index contributed by atoms with van der Waals surface area (Å²) >= 11 is 0. The van der Waals surface area contributed by atoms with Gasteiger partial charge in [-0.15, -0.1) is 0 Å². The van der Waals surface area contributed by atoms with Crippen molar-refractivity contribution in [3.05, 3.63) is 30.5 Å². The van der Waals surface area contributed by atoms with Crippen LogP contribution in [-0.2, 0) is 6.54 Å². The van der Waals surface area contributed by atoms with Crippen molar-refractivity contribution in [3.8, 4) is 0 Å². The van der Waals surface area contributed by atoms with E-state index in [0.29, 0.717) is 6.54 Å². The number of nitrogens with zero attached hydrogens (tertiary/aromatic N) is 1. The summed E-state index contributed by atoms with van der Waals surface area (Å²) in [7, 11) is 0. The second-order valence-electron chi connectivity index (χ2n) is 3.64. The first-order valence-electron chi connectivity index (χ1n) is 4.94. The molecule has 0 aliphatic carbocycles. The molecule has 4 nitrogen and oxygen atoms in total. The summed E-state index contributed by atoms with van der Waals surface area (Å²) < 4.78 is 1.96. The van der Waals surface area contributed by atoms with Crippen molar-refractivity contribution in [3.63, 3.8) is 0 Å². The lowest BCUT2D eigenvalue weighted by molar-refractivity contribution is 0.164. The van der Waals surface area contributed by atoms with Crippen molar-refractivity contribution in [2.45, 2.75) is 12.6 Å². The van der Waals surface area contributed by atoms with E-state index >= 15 is 0 Å². The third-order valence-corrected chi connectivity index (χ3v) is 2.53. The molecule has 0 radical (unpaired) electrons. The number of aliphatic hydroxyl groups excluding tert-OH is 1. The molecule has 0 aliphatic rings. The third-order valence-electron chi connectivity index (χ3n) is 2.53. The molecule has 5 N–H and O–H groups in total. The zero-order valence-electron chi connectivity index (χ0n) is 8.43. The Kier molecular flexibility index (Phi) is 2.62. The van der Waals surface area contributed by atoms with Crippen LogP contribution in [0.1, 0.15) is 0 Å². The molecule has 0 fully saturated rings. The summed E-state index contributed by atoms with van der Waals surface area (Å²) in [6.45, 7) is 0.769. The van der Waals surface area contributed by atoms with E-state index in [-0.39, 0.29) is 6.54 Å². The van der Waals surface area contributed by atoms with Crippen LogP contribution in [0.2, 0.25) is 0 Å². The summed E-state index contributed by atoms with van der Waals surface area (Å²) in [6.07, 6.45) is 1.40. The van der Waals surface area contributed by atoms with Gasteiger partial charge in [-0.05, 0) is 18.2 Å². The minimum atomic E-state index is -0.512. The Balaban J connectivity index is 2.41. The zero-order valence-corrected chi connectivity index (χ0v) is 8.43. The van der Waals surface area contributed by atoms with Crippen molar-refractivity contribution < 1.29 is 5.11 Å². The van der Waals surface area contributed by atoms with E-state index in [1.165, 1.54) is 0 Å². The highest BCUT2D eigenvalue weighted by Crippen LogP contribution is 2.21. The Morgan fingerprint density at radius 3 is 2.87 bits per heavy atom. The van der Waals surface area contributed by atoms with Crippen LogP contribution < -0.4 is 11.5 Å². The highest BCUT2D eigenvalue weighted by Gasteiger charge is 2.06. The smallest absolute Gasteiger partial charge is 0.0841 e. The Morgan fingerprint density at radius 1 is 1.33 bits per heavy atom. The summed E-state index contributed by atoms with van der Waals surface area (Å²) in [5, 5.41) is 10.5. The first-order valence-corrected chi connectivity index (χ1v) is 4.94. The Labute approximate surface area is 88.1 Å². The fourth-order valence-electron chi connectivity index (χ4n) is 1.71. The highest BCUT2D eigenvalue weighted by atomic mass is 16.3. The zero-order chi connectivity index (χ0) is 10.8. The lowest BCUT2D eigenvalue weighted by atomic mass is 10.2. The summed E-state index contributed by atoms with van der Waals surface area (Å²) in [5.41, 5.74) is 13.0. The summed E-state index contributed by atoms with van der Waals surface area (Å²) in [5.74, 6) is 0. The summed E-state index contributed by atoms with van der Waals surface area (Å²) in [6, 6.07) is 7.71. The average molecular weight is 205 g/mol. The molecule has 0 spiro atoms. The molecule has 1 aromatic heterocycles. The van der Waals surface area contributed by atoms with Gasteiger partial charge in [-0.3, -0.25) is 0 Å². The predicted octanol–water partition coefficient (Wildman–Crippen LogP) is 0.543. The van der Waals surface area contributed by atoms with E-state index in [1.54, 1.807) is 0 Å². The number of fused-ring (bicyclic) bond motifs is 1. The molecule has 0 saturated heterocycles. The maximum Gasteiger partial charge on any atom is 0.0841 e. The second-order valence-corrected chi connectivity index (χ2v) is 3.64. The number of aliphatic hydroxyl groups is 1. The van der Waals surface area contributed by atoms with E-state index in [1.807, 2.05) is 35.0 Å². The topological polar surface area (TPSA) is 77.2 Å². The van der Waals surface area contributed by atoms with Crippen molar-refractivity contribution in [2.24, 2.45) is 5.73 Å². The first-order chi connectivity index (χ1) is 7.22. The van der Waals surface area contributed by atoms with E-state index in [2.05, 4.69) is 0 Å². The monoisotopic (exact) mass is 205 g/mol. The molecule has 0 aliphatic heterocycles. The fraction of sp³-hybridized carbons (Fsp3) is 0.273. The Bertz CT molecular complexity index is 464. The van der Waals surface area contributed by atoms with Gasteiger partial charge in [0.15, 0.2) is 0 Å². The number of rotatable bonds is 3. The van der Waals surface area contributed by atoms with Crippen LogP contribution in [0.25, 0.3) is 10.9 Å². The number of aromatic nitrogens is 1. The number of nitrogens with two attached hydrogens (primary N) is 2. The number of benzene rings is 1. The highest BCUT2D eigenvalue weighted by molar-refractivity contribution is 5.91. The molecule has 15 heavy (non-hydrogen) atoms. The van der Waals surface area contributed by atoms with Crippen molar-refractivity contribution in [1.82, 2.24) is 4.57 Å². The van der Waals surface area contributed by atoms with Crippen molar-refractivity contribution >= 4 is 16.6 Å². The normalized spacial score (nSPS) is 13.2. The molecular weight excluding hydrogens is 190 g/mol. The van der Waals surface area contributed by atoms with Crippen LogP contribution in [0.5, 0.6) is 0 Å². The van der Waals surface area contributed by atoms with Gasteiger partial charge in [0.2, 0.25) is 0 Å². The van der Waals surface area contributed by atoms with E-state index in [4.69, 9.17) is 11.5 Å². The Morgan fingerprint density at radius 2 is 2.13 bits per heavy atom. The maximum atomic E-state index is 9.48. The molecule has 1 aromatic carbocycles. The molecule has 0 unspecified atom stereocenters. The molecular formula is C11H15N3O. The third kappa shape index (κ3) is 1.82. The molecule has 0 saturated carbocycles. The minimum Gasteiger partial charge on any atom is -0.398 e. The number of nitrogen functional groups attached to an aromatic ring is 1. The Hall–Kier alpha value is -1.52. The van der Waals surface area contributed by atoms with Crippen LogP contribution in [0, 0.1) is 0 Å². The quantitative estimate of drug-likeness (QED) is 0.640. The molecule has 2 aromatic rings. The van der Waals surface area contributed by atoms with Crippen LogP contribution in [0.15, 0.2) is 30.5 Å². The van der Waals surface area contributed by atoms with Crippen molar-refractivity contribution in [2.75, 3.05) is 12.3 Å². The van der Waals surface area contributed by atoms with Gasteiger partial charge in [0.05, 0.1) is 11.6 Å². The molecule has 1 atom stereocenters. The predicted molar refractivity (Wildman–Crippen MR) is 61.4 cm³/mol. The van der Waals surface area contributed by atoms with Crippen LogP contribution in [0.3, 0.4) is 0 Å². The molecule has 1 heterocycles. The largest absolute Gasteiger partial charge is 0.398 e. The van der Waals surface area contributed by atoms with Gasteiger partial charge in [-0.1, -0.05) is 6.07 Å². The fourth-order valence-corrected chi connectivity index (χ4v) is 1.71. The molecule has 4 heteroatoms. The first kappa shape index (κ1) is 10.0. The molecule has 0 bridgehead atoms. The van der Waals surface area contributed by atoms with Gasteiger partial charge in [-0.2, -0.15) is 0 Å². The van der Waals surface area contributed by atoms with Crippen LogP contribution >= 0.6 is 0 Å².